The van der Waals surface area contributed by atoms with Crippen LogP contribution in [0.2, 0.25) is 0 Å². The van der Waals surface area contributed by atoms with E-state index in [1.165, 1.54) is 0 Å². The molecule has 0 atom stereocenters. The molecule has 0 fully saturated rings. The number of esters is 2. The predicted octanol–water partition coefficient (Wildman–Crippen LogP) is 4.99. The van der Waals surface area contributed by atoms with Gasteiger partial charge in [-0.2, -0.15) is 0 Å². The average Bonchev–Trinajstić information content (AvgIpc) is 2.58. The third-order valence-corrected chi connectivity index (χ3v) is 4.15. The third kappa shape index (κ3) is 6.03. The standard InChI is InChI=1S/C22H26O4/c1-15-9-11-17(3)19(13-15)25-21(23)7-5-6-8-22(24)26-20-14-16(2)10-12-18(20)4/h9-14H,5-8H2,1-4H3. The zero-order valence-electron chi connectivity index (χ0n) is 15.9. The molecule has 0 radical (unpaired) electrons. The topological polar surface area (TPSA) is 52.6 Å². The molecule has 0 unspecified atom stereocenters. The van der Waals surface area contributed by atoms with Crippen LogP contribution in [-0.2, 0) is 9.59 Å². The Morgan fingerprint density at radius 3 is 1.46 bits per heavy atom. The molecule has 4 heteroatoms. The van der Waals surface area contributed by atoms with Gasteiger partial charge in [-0.05, 0) is 74.9 Å². The maximum atomic E-state index is 12.0. The molecule has 0 aliphatic rings. The van der Waals surface area contributed by atoms with Gasteiger partial charge in [0, 0.05) is 12.8 Å². The van der Waals surface area contributed by atoms with Gasteiger partial charge < -0.3 is 9.47 Å². The SMILES string of the molecule is Cc1ccc(C)c(OC(=O)CCCCC(=O)Oc2cc(C)ccc2C)c1. The quantitative estimate of drug-likeness (QED) is 0.399. The molecule has 2 aromatic rings. The van der Waals surface area contributed by atoms with E-state index < -0.39 is 0 Å². The molecule has 2 aromatic carbocycles. The minimum absolute atomic E-state index is 0.276. The van der Waals surface area contributed by atoms with E-state index in [1.807, 2.05) is 64.1 Å². The molecule has 0 heterocycles. The van der Waals surface area contributed by atoms with Crippen LogP contribution in [0.5, 0.6) is 11.5 Å². The van der Waals surface area contributed by atoms with Gasteiger partial charge in [-0.25, -0.2) is 0 Å². The molecule has 138 valence electrons. The van der Waals surface area contributed by atoms with Crippen LogP contribution in [-0.4, -0.2) is 11.9 Å². The van der Waals surface area contributed by atoms with Crippen molar-refractivity contribution in [2.24, 2.45) is 0 Å². The fourth-order valence-electron chi connectivity index (χ4n) is 2.52. The Hall–Kier alpha value is -2.62. The van der Waals surface area contributed by atoms with Gasteiger partial charge in [0.15, 0.2) is 0 Å². The van der Waals surface area contributed by atoms with Crippen LogP contribution in [0.15, 0.2) is 36.4 Å². The summed E-state index contributed by atoms with van der Waals surface area (Å²) in [5.41, 5.74) is 3.96. The highest BCUT2D eigenvalue weighted by Gasteiger charge is 2.10. The summed E-state index contributed by atoms with van der Waals surface area (Å²) >= 11 is 0. The predicted molar refractivity (Wildman–Crippen MR) is 102 cm³/mol. The van der Waals surface area contributed by atoms with Crippen LogP contribution in [0.4, 0.5) is 0 Å². The van der Waals surface area contributed by atoms with Gasteiger partial charge in [0.2, 0.25) is 0 Å². The number of hydrogen-bond donors (Lipinski definition) is 0. The number of ether oxygens (including phenoxy) is 2. The zero-order chi connectivity index (χ0) is 19.1. The maximum absolute atomic E-state index is 12.0. The summed E-state index contributed by atoms with van der Waals surface area (Å²) in [7, 11) is 0. The largest absolute Gasteiger partial charge is 0.426 e. The summed E-state index contributed by atoms with van der Waals surface area (Å²) in [6.45, 7) is 7.73. The Morgan fingerprint density at radius 1 is 0.692 bits per heavy atom. The molecule has 0 saturated carbocycles. The van der Waals surface area contributed by atoms with Crippen LogP contribution in [0.25, 0.3) is 0 Å². The highest BCUT2D eigenvalue weighted by atomic mass is 16.5. The number of carbonyl (C=O) groups is 2. The Morgan fingerprint density at radius 2 is 1.08 bits per heavy atom. The zero-order valence-corrected chi connectivity index (χ0v) is 15.9. The molecule has 0 aliphatic heterocycles. The number of rotatable bonds is 7. The highest BCUT2D eigenvalue weighted by Crippen LogP contribution is 2.21. The number of aryl methyl sites for hydroxylation is 4. The minimum atomic E-state index is -0.276. The Balaban J connectivity index is 1.72. The first-order valence-corrected chi connectivity index (χ1v) is 8.91. The first kappa shape index (κ1) is 19.7. The highest BCUT2D eigenvalue weighted by molar-refractivity contribution is 5.74. The lowest BCUT2D eigenvalue weighted by molar-refractivity contribution is -0.136. The second kappa shape index (κ2) is 9.18. The van der Waals surface area contributed by atoms with E-state index in [0.29, 0.717) is 24.3 Å². The van der Waals surface area contributed by atoms with E-state index in [-0.39, 0.29) is 24.8 Å². The van der Waals surface area contributed by atoms with Crippen molar-refractivity contribution < 1.29 is 19.1 Å². The second-order valence-electron chi connectivity index (χ2n) is 6.69. The van der Waals surface area contributed by atoms with Crippen LogP contribution in [0, 0.1) is 27.7 Å². The lowest BCUT2D eigenvalue weighted by Gasteiger charge is -2.09. The van der Waals surface area contributed by atoms with E-state index in [2.05, 4.69) is 0 Å². The average molecular weight is 354 g/mol. The Kier molecular flexibility index (Phi) is 6.96. The van der Waals surface area contributed by atoms with Crippen molar-refractivity contribution in [1.29, 1.82) is 0 Å². The number of unbranched alkanes of at least 4 members (excludes halogenated alkanes) is 1. The maximum Gasteiger partial charge on any atom is 0.311 e. The van der Waals surface area contributed by atoms with E-state index >= 15 is 0 Å². The van der Waals surface area contributed by atoms with Gasteiger partial charge in [-0.3, -0.25) is 9.59 Å². The summed E-state index contributed by atoms with van der Waals surface area (Å²) < 4.78 is 10.8. The normalized spacial score (nSPS) is 10.5. The smallest absolute Gasteiger partial charge is 0.311 e. The molecule has 2 rings (SSSR count). The van der Waals surface area contributed by atoms with Gasteiger partial charge in [0.25, 0.3) is 0 Å². The van der Waals surface area contributed by atoms with Crippen molar-refractivity contribution in [2.45, 2.75) is 53.4 Å². The summed E-state index contributed by atoms with van der Waals surface area (Å²) in [6, 6.07) is 11.5. The van der Waals surface area contributed by atoms with Gasteiger partial charge in [0.05, 0.1) is 0 Å². The molecule has 0 aliphatic carbocycles. The molecular formula is C22H26O4. The van der Waals surface area contributed by atoms with E-state index in [1.54, 1.807) is 0 Å². The number of benzene rings is 2. The first-order valence-electron chi connectivity index (χ1n) is 8.91. The van der Waals surface area contributed by atoms with Crippen LogP contribution >= 0.6 is 0 Å². The molecule has 0 saturated heterocycles. The molecule has 0 aromatic heterocycles. The molecular weight excluding hydrogens is 328 g/mol. The van der Waals surface area contributed by atoms with Crippen molar-refractivity contribution in [3.63, 3.8) is 0 Å². The monoisotopic (exact) mass is 354 g/mol. The summed E-state index contributed by atoms with van der Waals surface area (Å²) in [6.07, 6.45) is 1.74. The number of hydrogen-bond acceptors (Lipinski definition) is 4. The Labute approximate surface area is 155 Å². The van der Waals surface area contributed by atoms with Gasteiger partial charge >= 0.3 is 11.9 Å². The Bertz CT molecular complexity index is 725. The van der Waals surface area contributed by atoms with Crippen molar-refractivity contribution in [3.05, 3.63) is 58.7 Å². The van der Waals surface area contributed by atoms with Crippen molar-refractivity contribution in [3.8, 4) is 11.5 Å². The molecule has 4 nitrogen and oxygen atoms in total. The second-order valence-corrected chi connectivity index (χ2v) is 6.69. The van der Waals surface area contributed by atoms with Crippen LogP contribution in [0.3, 0.4) is 0 Å². The number of carbonyl (C=O) groups excluding carboxylic acids is 2. The van der Waals surface area contributed by atoms with E-state index in [9.17, 15) is 9.59 Å². The van der Waals surface area contributed by atoms with Crippen molar-refractivity contribution in [2.75, 3.05) is 0 Å². The van der Waals surface area contributed by atoms with Gasteiger partial charge in [0.1, 0.15) is 11.5 Å². The summed E-state index contributed by atoms with van der Waals surface area (Å²) in [5.74, 6) is 0.650. The lowest BCUT2D eigenvalue weighted by atomic mass is 10.1. The van der Waals surface area contributed by atoms with Crippen molar-refractivity contribution in [1.82, 2.24) is 0 Å². The third-order valence-electron chi connectivity index (χ3n) is 4.15. The van der Waals surface area contributed by atoms with Gasteiger partial charge in [-0.15, -0.1) is 0 Å². The molecule has 0 bridgehead atoms. The lowest BCUT2D eigenvalue weighted by Crippen LogP contribution is -2.11. The van der Waals surface area contributed by atoms with Crippen LogP contribution < -0.4 is 9.47 Å². The van der Waals surface area contributed by atoms with Crippen LogP contribution in [0.1, 0.15) is 47.9 Å². The molecule has 0 amide bonds. The van der Waals surface area contributed by atoms with E-state index in [4.69, 9.17) is 9.47 Å². The first-order chi connectivity index (χ1) is 12.3. The van der Waals surface area contributed by atoms with Crippen molar-refractivity contribution >= 4 is 11.9 Å². The minimum Gasteiger partial charge on any atom is -0.426 e. The van der Waals surface area contributed by atoms with Gasteiger partial charge in [-0.1, -0.05) is 24.3 Å². The summed E-state index contributed by atoms with van der Waals surface area (Å²) in [4.78, 5) is 23.9. The molecule has 26 heavy (non-hydrogen) atoms. The molecule has 0 spiro atoms. The fourth-order valence-corrected chi connectivity index (χ4v) is 2.52. The summed E-state index contributed by atoms with van der Waals surface area (Å²) in [5, 5.41) is 0. The van der Waals surface area contributed by atoms with E-state index in [0.717, 1.165) is 22.3 Å². The molecule has 0 N–H and O–H groups in total. The fraction of sp³-hybridized carbons (Fsp3) is 0.364.